The summed E-state index contributed by atoms with van der Waals surface area (Å²) in [6, 6.07) is 12.3. The van der Waals surface area contributed by atoms with Gasteiger partial charge in [-0.3, -0.25) is 14.9 Å². The van der Waals surface area contributed by atoms with Gasteiger partial charge in [-0.1, -0.05) is 6.07 Å². The number of anilines is 2. The molecule has 0 heterocycles. The van der Waals surface area contributed by atoms with Crippen molar-refractivity contribution in [3.8, 4) is 5.75 Å². The van der Waals surface area contributed by atoms with Crippen LogP contribution in [0.1, 0.15) is 16.8 Å². The Labute approximate surface area is 205 Å². The van der Waals surface area contributed by atoms with Crippen molar-refractivity contribution in [3.05, 3.63) is 54.1 Å². The minimum Gasteiger partial charge on any atom is -0.481 e. The molecule has 0 bridgehead atoms. The number of carbonyl (C=O) groups is 4. The molecule has 3 amide bonds. The van der Waals surface area contributed by atoms with E-state index in [0.717, 1.165) is 5.69 Å². The highest BCUT2D eigenvalue weighted by molar-refractivity contribution is 6.18. The number of carboxylic acids is 1. The standard InChI is InChI=1S/C22H23Cl2N3O7/c23-9-12-26(13-10-24)17-4-6-18(7-5-17)34-21(31)25-16-3-1-2-15(14-16)20(30)27(22(32)33)11-8-19(28)29/h1-7,14H,8-13H2,(H,25,31)(H,28,29)(H,32,33). The van der Waals surface area contributed by atoms with Gasteiger partial charge in [0, 0.05) is 48.3 Å². The van der Waals surface area contributed by atoms with Gasteiger partial charge < -0.3 is 19.8 Å². The summed E-state index contributed by atoms with van der Waals surface area (Å²) < 4.78 is 5.25. The maximum atomic E-state index is 12.5. The maximum absolute atomic E-state index is 12.5. The van der Waals surface area contributed by atoms with Crippen LogP contribution < -0.4 is 15.0 Å². The largest absolute Gasteiger partial charge is 0.481 e. The third-order valence-electron chi connectivity index (χ3n) is 4.50. The molecule has 2 aromatic carbocycles. The van der Waals surface area contributed by atoms with E-state index in [1.807, 2.05) is 4.90 Å². The SMILES string of the molecule is O=C(O)CCN(C(=O)O)C(=O)c1cccc(NC(=O)Oc2ccc(N(CCCl)CCCl)cc2)c1. The van der Waals surface area contributed by atoms with Gasteiger partial charge in [-0.15, -0.1) is 23.2 Å². The second-order valence-electron chi connectivity index (χ2n) is 6.84. The van der Waals surface area contributed by atoms with Crippen molar-refractivity contribution >= 4 is 58.6 Å². The van der Waals surface area contributed by atoms with E-state index in [9.17, 15) is 24.3 Å². The predicted octanol–water partition coefficient (Wildman–Crippen LogP) is 4.18. The summed E-state index contributed by atoms with van der Waals surface area (Å²) in [6.07, 6.45) is -2.93. The summed E-state index contributed by atoms with van der Waals surface area (Å²) in [7, 11) is 0. The zero-order valence-corrected chi connectivity index (χ0v) is 19.5. The van der Waals surface area contributed by atoms with Crippen molar-refractivity contribution in [1.82, 2.24) is 4.90 Å². The first-order valence-corrected chi connectivity index (χ1v) is 11.1. The summed E-state index contributed by atoms with van der Waals surface area (Å²) in [5, 5.41) is 20.4. The zero-order valence-electron chi connectivity index (χ0n) is 17.9. The average Bonchev–Trinajstić information content (AvgIpc) is 2.79. The number of nitrogens with one attached hydrogen (secondary N) is 1. The van der Waals surface area contributed by atoms with Gasteiger partial charge >= 0.3 is 18.2 Å². The lowest BCUT2D eigenvalue weighted by molar-refractivity contribution is -0.137. The topological polar surface area (TPSA) is 136 Å². The van der Waals surface area contributed by atoms with Crippen molar-refractivity contribution < 1.29 is 34.1 Å². The third-order valence-corrected chi connectivity index (χ3v) is 4.84. The molecule has 0 unspecified atom stereocenters. The van der Waals surface area contributed by atoms with Gasteiger partial charge in [0.05, 0.1) is 6.42 Å². The maximum Gasteiger partial charge on any atom is 0.417 e. The van der Waals surface area contributed by atoms with E-state index < -0.39 is 37.0 Å². The number of benzene rings is 2. The van der Waals surface area contributed by atoms with Crippen molar-refractivity contribution in [2.45, 2.75) is 6.42 Å². The summed E-state index contributed by atoms with van der Waals surface area (Å²) >= 11 is 11.6. The molecule has 0 saturated carbocycles. The number of carboxylic acid groups (broad SMARTS) is 2. The molecule has 0 atom stereocenters. The lowest BCUT2D eigenvalue weighted by atomic mass is 10.1. The number of imide groups is 1. The van der Waals surface area contributed by atoms with E-state index in [2.05, 4.69) is 5.32 Å². The normalized spacial score (nSPS) is 10.3. The average molecular weight is 512 g/mol. The molecule has 10 nitrogen and oxygen atoms in total. The van der Waals surface area contributed by atoms with Gasteiger partial charge in [0.15, 0.2) is 0 Å². The van der Waals surface area contributed by atoms with Gasteiger partial charge in [-0.05, 0) is 42.5 Å². The molecule has 0 aromatic heterocycles. The number of nitrogens with zero attached hydrogens (tertiary/aromatic N) is 2. The van der Waals surface area contributed by atoms with Gasteiger partial charge in [0.2, 0.25) is 0 Å². The number of carbonyl (C=O) groups excluding carboxylic acids is 2. The number of ether oxygens (including phenoxy) is 1. The summed E-state index contributed by atoms with van der Waals surface area (Å²) in [4.78, 5) is 49.2. The fourth-order valence-electron chi connectivity index (χ4n) is 2.93. The predicted molar refractivity (Wildman–Crippen MR) is 127 cm³/mol. The van der Waals surface area contributed by atoms with Crippen LogP contribution in [0.3, 0.4) is 0 Å². The van der Waals surface area contributed by atoms with E-state index in [4.69, 9.17) is 33.0 Å². The van der Waals surface area contributed by atoms with Crippen LogP contribution in [-0.4, -0.2) is 70.6 Å². The van der Waals surface area contributed by atoms with Crippen LogP contribution in [0.15, 0.2) is 48.5 Å². The van der Waals surface area contributed by atoms with E-state index in [0.29, 0.717) is 29.7 Å². The number of rotatable bonds is 11. The summed E-state index contributed by atoms with van der Waals surface area (Å²) in [5.41, 5.74) is 1.01. The molecule has 12 heteroatoms. The highest BCUT2D eigenvalue weighted by Gasteiger charge is 2.23. The number of alkyl halides is 2. The van der Waals surface area contributed by atoms with Gasteiger partial charge in [-0.25, -0.2) is 14.5 Å². The molecule has 0 aliphatic rings. The van der Waals surface area contributed by atoms with Crippen molar-refractivity contribution in [2.75, 3.05) is 41.6 Å². The molecule has 0 aliphatic heterocycles. The molecule has 2 rings (SSSR count). The second-order valence-corrected chi connectivity index (χ2v) is 7.59. The van der Waals surface area contributed by atoms with E-state index in [1.165, 1.54) is 24.3 Å². The van der Waals surface area contributed by atoms with Crippen molar-refractivity contribution in [1.29, 1.82) is 0 Å². The van der Waals surface area contributed by atoms with Crippen molar-refractivity contribution in [3.63, 3.8) is 0 Å². The minimum atomic E-state index is -1.58. The van der Waals surface area contributed by atoms with Crippen LogP contribution in [0.2, 0.25) is 0 Å². The first-order chi connectivity index (χ1) is 16.2. The van der Waals surface area contributed by atoms with E-state index in [1.54, 1.807) is 24.3 Å². The van der Waals surface area contributed by atoms with Crippen molar-refractivity contribution in [2.24, 2.45) is 0 Å². The lowest BCUT2D eigenvalue weighted by Gasteiger charge is -2.22. The highest BCUT2D eigenvalue weighted by Crippen LogP contribution is 2.21. The third kappa shape index (κ3) is 8.13. The molecule has 0 spiro atoms. The van der Waals surface area contributed by atoms with Gasteiger partial charge in [-0.2, -0.15) is 0 Å². The number of halogens is 2. The Morgan fingerprint density at radius 1 is 0.912 bits per heavy atom. The highest BCUT2D eigenvalue weighted by atomic mass is 35.5. The Morgan fingerprint density at radius 2 is 1.56 bits per heavy atom. The van der Waals surface area contributed by atoms with E-state index in [-0.39, 0.29) is 17.0 Å². The molecular weight excluding hydrogens is 489 g/mol. The Bertz CT molecular complexity index is 1010. The van der Waals surface area contributed by atoms with Crippen LogP contribution in [0.4, 0.5) is 21.0 Å². The first-order valence-electron chi connectivity index (χ1n) is 10.1. The number of hydrogen-bond donors (Lipinski definition) is 3. The number of amides is 3. The monoisotopic (exact) mass is 511 g/mol. The van der Waals surface area contributed by atoms with Crippen LogP contribution >= 0.6 is 23.2 Å². The Balaban J connectivity index is 2.04. The minimum absolute atomic E-state index is 0.0476. The van der Waals surface area contributed by atoms with Crippen LogP contribution in [0.25, 0.3) is 0 Å². The molecular formula is C22H23Cl2N3O7. The fraction of sp³-hybridized carbons (Fsp3) is 0.273. The molecule has 182 valence electrons. The first kappa shape index (κ1) is 26.7. The molecule has 3 N–H and O–H groups in total. The van der Waals surface area contributed by atoms with Gasteiger partial charge in [0.1, 0.15) is 5.75 Å². The van der Waals surface area contributed by atoms with E-state index >= 15 is 0 Å². The molecule has 0 radical (unpaired) electrons. The second kappa shape index (κ2) is 13.3. The van der Waals surface area contributed by atoms with Crippen LogP contribution in [-0.2, 0) is 4.79 Å². The lowest BCUT2D eigenvalue weighted by Crippen LogP contribution is -2.37. The molecule has 2 aromatic rings. The van der Waals surface area contributed by atoms with Crippen LogP contribution in [0, 0.1) is 0 Å². The smallest absolute Gasteiger partial charge is 0.417 e. The molecule has 0 aliphatic carbocycles. The fourth-order valence-corrected chi connectivity index (χ4v) is 3.33. The Hall–Kier alpha value is -3.50. The molecule has 0 fully saturated rings. The Morgan fingerprint density at radius 3 is 2.12 bits per heavy atom. The quantitative estimate of drug-likeness (QED) is 0.382. The summed E-state index contributed by atoms with van der Waals surface area (Å²) in [5.74, 6) is -1.02. The zero-order chi connectivity index (χ0) is 25.1. The number of aliphatic carboxylic acids is 1. The Kier molecular flexibility index (Phi) is 10.4. The van der Waals surface area contributed by atoms with Crippen LogP contribution in [0.5, 0.6) is 5.75 Å². The summed E-state index contributed by atoms with van der Waals surface area (Å²) in [6.45, 7) is 0.714. The molecule has 0 saturated heterocycles. The molecule has 34 heavy (non-hydrogen) atoms. The number of hydrogen-bond acceptors (Lipinski definition) is 6. The van der Waals surface area contributed by atoms with Gasteiger partial charge in [0.25, 0.3) is 5.91 Å².